The Morgan fingerprint density at radius 3 is 2.24 bits per heavy atom. The number of carbonyl (C=O) groups excluding carboxylic acids is 2. The predicted molar refractivity (Wildman–Crippen MR) is 114 cm³/mol. The Bertz CT molecular complexity index is 1130. The quantitative estimate of drug-likeness (QED) is 0.235. The number of amides is 2. The topological polar surface area (TPSA) is 99.7 Å². The third-order valence-corrected chi connectivity index (χ3v) is 4.76. The lowest BCUT2D eigenvalue weighted by Crippen LogP contribution is -2.41. The molecule has 4 N–H and O–H groups in total. The number of ether oxygens (including phenoxy) is 1. The lowest BCUT2D eigenvalue weighted by molar-refractivity contribution is -0.134. The molecule has 0 saturated carbocycles. The van der Waals surface area contributed by atoms with Crippen LogP contribution in [0, 0.1) is 17.5 Å². The van der Waals surface area contributed by atoms with Gasteiger partial charge in [-0.15, -0.1) is 0 Å². The molecule has 0 radical (unpaired) electrons. The third-order valence-electron chi connectivity index (χ3n) is 4.76. The van der Waals surface area contributed by atoms with Crippen molar-refractivity contribution in [1.82, 2.24) is 10.8 Å². The minimum absolute atomic E-state index is 0.0904. The van der Waals surface area contributed by atoms with Crippen LogP contribution in [0.2, 0.25) is 0 Å². The molecule has 0 aromatic heterocycles. The van der Waals surface area contributed by atoms with E-state index >= 15 is 0 Å². The molecule has 1 unspecified atom stereocenters. The Hall–Kier alpha value is -4.05. The molecule has 1 atom stereocenters. The monoisotopic (exact) mass is 459 g/mol. The fraction of sp³-hybridized carbons (Fsp3) is 0.130. The van der Waals surface area contributed by atoms with E-state index in [2.05, 4.69) is 10.6 Å². The molecule has 3 aromatic carbocycles. The Labute approximate surface area is 187 Å². The van der Waals surface area contributed by atoms with Crippen LogP contribution >= 0.6 is 0 Å². The number of rotatable bonds is 8. The normalized spacial score (nSPS) is 11.4. The second-order valence-electron chi connectivity index (χ2n) is 6.94. The van der Waals surface area contributed by atoms with Gasteiger partial charge in [0.05, 0.1) is 13.7 Å². The molecule has 0 fully saturated rings. The third kappa shape index (κ3) is 5.80. The Morgan fingerprint density at radius 1 is 0.970 bits per heavy atom. The van der Waals surface area contributed by atoms with Gasteiger partial charge in [-0.1, -0.05) is 30.3 Å². The summed E-state index contributed by atoms with van der Waals surface area (Å²) < 4.78 is 45.3. The van der Waals surface area contributed by atoms with E-state index in [1.165, 1.54) is 36.9 Å². The number of anilines is 1. The number of methoxy groups -OCH3 is 1. The summed E-state index contributed by atoms with van der Waals surface area (Å²) in [6, 6.07) is 13.1. The van der Waals surface area contributed by atoms with E-state index in [0.717, 1.165) is 12.1 Å². The van der Waals surface area contributed by atoms with Gasteiger partial charge in [-0.2, -0.15) is 0 Å². The van der Waals surface area contributed by atoms with E-state index in [9.17, 15) is 22.8 Å². The Morgan fingerprint density at radius 2 is 1.64 bits per heavy atom. The van der Waals surface area contributed by atoms with Gasteiger partial charge < -0.3 is 15.4 Å². The van der Waals surface area contributed by atoms with Crippen LogP contribution in [0.25, 0.3) is 11.1 Å². The lowest BCUT2D eigenvalue weighted by atomic mass is 10.00. The van der Waals surface area contributed by atoms with Crippen LogP contribution in [0.4, 0.5) is 18.9 Å². The van der Waals surface area contributed by atoms with Crippen LogP contribution in [-0.2, 0) is 9.59 Å². The largest absolute Gasteiger partial charge is 0.497 e. The number of nitrogens with one attached hydrogen (secondary N) is 3. The highest BCUT2D eigenvalue weighted by Crippen LogP contribution is 2.25. The van der Waals surface area contributed by atoms with Gasteiger partial charge in [-0.3, -0.25) is 14.8 Å². The molecule has 172 valence electrons. The Kier molecular flexibility index (Phi) is 7.52. The van der Waals surface area contributed by atoms with Crippen LogP contribution in [-0.4, -0.2) is 30.7 Å². The molecule has 10 heteroatoms. The van der Waals surface area contributed by atoms with Gasteiger partial charge in [-0.25, -0.2) is 18.7 Å². The summed E-state index contributed by atoms with van der Waals surface area (Å²) in [4.78, 5) is 24.5. The van der Waals surface area contributed by atoms with Crippen LogP contribution in [0.5, 0.6) is 5.75 Å². The molecule has 3 rings (SSSR count). The second-order valence-corrected chi connectivity index (χ2v) is 6.94. The summed E-state index contributed by atoms with van der Waals surface area (Å²) in [6.07, 6.45) is 0. The molecule has 0 heterocycles. The molecule has 0 saturated heterocycles. The molecule has 33 heavy (non-hydrogen) atoms. The molecule has 0 aliphatic heterocycles. The maximum absolute atomic E-state index is 13.5. The SMILES string of the molecule is COc1cccc(NCC(=O)NC(C(=O)NO)c2ccc(-c3cc(F)c(F)c(F)c3)cc2)c1. The molecule has 0 bridgehead atoms. The van der Waals surface area contributed by atoms with E-state index in [1.807, 2.05) is 0 Å². The standard InChI is InChI=1S/C23H20F3N3O4/c1-33-17-4-2-3-16(11-17)27-12-20(30)28-22(23(31)29-32)14-7-5-13(6-8-14)15-9-18(24)21(26)19(25)10-15/h2-11,22,27,32H,12H2,1H3,(H,28,30)(H,29,31). The van der Waals surface area contributed by atoms with Crippen molar-refractivity contribution in [2.45, 2.75) is 6.04 Å². The first-order valence-electron chi connectivity index (χ1n) is 9.68. The summed E-state index contributed by atoms with van der Waals surface area (Å²) in [5, 5.41) is 14.4. The summed E-state index contributed by atoms with van der Waals surface area (Å²) in [6.45, 7) is -0.172. The highest BCUT2D eigenvalue weighted by molar-refractivity contribution is 5.89. The average Bonchev–Trinajstić information content (AvgIpc) is 2.84. The first-order valence-corrected chi connectivity index (χ1v) is 9.68. The number of halogens is 3. The van der Waals surface area contributed by atoms with Crippen LogP contribution in [0.3, 0.4) is 0 Å². The van der Waals surface area contributed by atoms with Crippen molar-refractivity contribution in [3.8, 4) is 16.9 Å². The van der Waals surface area contributed by atoms with Crippen molar-refractivity contribution in [3.63, 3.8) is 0 Å². The van der Waals surface area contributed by atoms with E-state index in [-0.39, 0.29) is 12.1 Å². The summed E-state index contributed by atoms with van der Waals surface area (Å²) >= 11 is 0. The average molecular weight is 459 g/mol. The number of hydrogen-bond donors (Lipinski definition) is 4. The number of benzene rings is 3. The van der Waals surface area contributed by atoms with Crippen LogP contribution in [0.15, 0.2) is 60.7 Å². The molecule has 3 aromatic rings. The van der Waals surface area contributed by atoms with Crippen LogP contribution < -0.4 is 20.9 Å². The van der Waals surface area contributed by atoms with Gasteiger partial charge >= 0.3 is 0 Å². The minimum atomic E-state index is -1.57. The van der Waals surface area contributed by atoms with Gasteiger partial charge in [0.2, 0.25) is 5.91 Å². The fourth-order valence-electron chi connectivity index (χ4n) is 3.08. The van der Waals surface area contributed by atoms with E-state index in [4.69, 9.17) is 9.94 Å². The first-order chi connectivity index (χ1) is 15.8. The van der Waals surface area contributed by atoms with Gasteiger partial charge in [0.25, 0.3) is 5.91 Å². The fourth-order valence-corrected chi connectivity index (χ4v) is 3.08. The highest BCUT2D eigenvalue weighted by Gasteiger charge is 2.22. The summed E-state index contributed by atoms with van der Waals surface area (Å²) in [5.74, 6) is -5.07. The van der Waals surface area contributed by atoms with Gasteiger partial charge in [0.15, 0.2) is 17.5 Å². The van der Waals surface area contributed by atoms with Crippen molar-refractivity contribution in [2.75, 3.05) is 19.0 Å². The molecule has 0 spiro atoms. The van der Waals surface area contributed by atoms with Crippen molar-refractivity contribution in [1.29, 1.82) is 0 Å². The number of hydrogen-bond acceptors (Lipinski definition) is 5. The van der Waals surface area contributed by atoms with Crippen molar-refractivity contribution in [3.05, 3.63) is 83.7 Å². The zero-order valence-corrected chi connectivity index (χ0v) is 17.4. The number of hydroxylamine groups is 1. The summed E-state index contributed by atoms with van der Waals surface area (Å²) in [5.41, 5.74) is 2.85. The van der Waals surface area contributed by atoms with E-state index in [0.29, 0.717) is 22.6 Å². The number of carbonyl (C=O) groups is 2. The second kappa shape index (κ2) is 10.5. The van der Waals surface area contributed by atoms with E-state index in [1.54, 1.807) is 24.3 Å². The molecular weight excluding hydrogens is 439 g/mol. The predicted octanol–water partition coefficient (Wildman–Crippen LogP) is 3.55. The Balaban J connectivity index is 1.73. The zero-order chi connectivity index (χ0) is 24.0. The van der Waals surface area contributed by atoms with E-state index < -0.39 is 35.3 Å². The minimum Gasteiger partial charge on any atom is -0.497 e. The molecule has 2 amide bonds. The highest BCUT2D eigenvalue weighted by atomic mass is 19.2. The van der Waals surface area contributed by atoms with Crippen molar-refractivity contribution in [2.24, 2.45) is 0 Å². The zero-order valence-electron chi connectivity index (χ0n) is 17.4. The molecule has 0 aliphatic rings. The maximum Gasteiger partial charge on any atom is 0.270 e. The van der Waals surface area contributed by atoms with Gasteiger partial charge in [0, 0.05) is 11.8 Å². The van der Waals surface area contributed by atoms with Gasteiger partial charge in [0.1, 0.15) is 11.8 Å². The van der Waals surface area contributed by atoms with Crippen molar-refractivity contribution >= 4 is 17.5 Å². The van der Waals surface area contributed by atoms with Gasteiger partial charge in [-0.05, 0) is 41.0 Å². The molecule has 7 nitrogen and oxygen atoms in total. The smallest absolute Gasteiger partial charge is 0.270 e. The molecular formula is C23H20F3N3O4. The van der Waals surface area contributed by atoms with Crippen molar-refractivity contribution < 1.29 is 32.7 Å². The maximum atomic E-state index is 13.5. The summed E-state index contributed by atoms with van der Waals surface area (Å²) in [7, 11) is 1.51. The molecule has 0 aliphatic carbocycles. The first kappa shape index (κ1) is 23.6. The lowest BCUT2D eigenvalue weighted by Gasteiger charge is -2.18. The van der Waals surface area contributed by atoms with Crippen LogP contribution in [0.1, 0.15) is 11.6 Å².